The number of carbonyl (C=O) groups is 1. The first-order valence-corrected chi connectivity index (χ1v) is 5.53. The minimum absolute atomic E-state index is 0.551. The van der Waals surface area contributed by atoms with E-state index in [0.717, 1.165) is 15.8 Å². The number of esters is 1. The zero-order chi connectivity index (χ0) is 11.7. The van der Waals surface area contributed by atoms with E-state index in [4.69, 9.17) is 0 Å². The van der Waals surface area contributed by atoms with E-state index in [0.29, 0.717) is 5.56 Å². The largest absolute Gasteiger partial charge is 0.467 e. The number of aryl methyl sites for hydroxylation is 1. The van der Waals surface area contributed by atoms with Crippen molar-refractivity contribution in [2.75, 3.05) is 7.11 Å². The standard InChI is InChI=1S/C11H11NO3S/c1-6-9-7(10(13)11(14)15-2)4-3-5-8(9)16-12-6/h3-5,10,13H,1-2H3. The summed E-state index contributed by atoms with van der Waals surface area (Å²) in [4.78, 5) is 11.3. The van der Waals surface area contributed by atoms with Crippen LogP contribution in [0.1, 0.15) is 17.4 Å². The Kier molecular flexibility index (Phi) is 2.89. The minimum Gasteiger partial charge on any atom is -0.467 e. The van der Waals surface area contributed by atoms with Gasteiger partial charge in [-0.15, -0.1) is 0 Å². The first-order chi connectivity index (χ1) is 7.65. The van der Waals surface area contributed by atoms with Crippen molar-refractivity contribution in [2.45, 2.75) is 13.0 Å². The fourth-order valence-electron chi connectivity index (χ4n) is 1.64. The molecule has 0 saturated carbocycles. The number of rotatable bonds is 2. The Morgan fingerprint density at radius 3 is 3.00 bits per heavy atom. The van der Waals surface area contributed by atoms with Gasteiger partial charge in [0.25, 0.3) is 0 Å². The Balaban J connectivity index is 2.59. The minimum atomic E-state index is -1.25. The molecule has 84 valence electrons. The van der Waals surface area contributed by atoms with Crippen molar-refractivity contribution in [2.24, 2.45) is 0 Å². The maximum atomic E-state index is 11.3. The van der Waals surface area contributed by atoms with Crippen molar-refractivity contribution in [1.82, 2.24) is 4.37 Å². The summed E-state index contributed by atoms with van der Waals surface area (Å²) in [6.07, 6.45) is -1.25. The van der Waals surface area contributed by atoms with Gasteiger partial charge < -0.3 is 9.84 Å². The molecule has 16 heavy (non-hydrogen) atoms. The number of aromatic nitrogens is 1. The molecule has 2 aromatic rings. The van der Waals surface area contributed by atoms with E-state index >= 15 is 0 Å². The van der Waals surface area contributed by atoms with Gasteiger partial charge in [0.1, 0.15) is 0 Å². The van der Waals surface area contributed by atoms with Crippen LogP contribution in [0.15, 0.2) is 18.2 Å². The van der Waals surface area contributed by atoms with Gasteiger partial charge >= 0.3 is 5.97 Å². The maximum Gasteiger partial charge on any atom is 0.339 e. The van der Waals surface area contributed by atoms with Gasteiger partial charge in [-0.3, -0.25) is 0 Å². The lowest BCUT2D eigenvalue weighted by molar-refractivity contribution is -0.150. The van der Waals surface area contributed by atoms with E-state index in [1.54, 1.807) is 12.1 Å². The first-order valence-electron chi connectivity index (χ1n) is 4.76. The van der Waals surface area contributed by atoms with Crippen molar-refractivity contribution < 1.29 is 14.6 Å². The number of methoxy groups -OCH3 is 1. The molecule has 0 radical (unpaired) electrons. The monoisotopic (exact) mass is 237 g/mol. The van der Waals surface area contributed by atoms with Crippen LogP contribution in [0.4, 0.5) is 0 Å². The number of hydrogen-bond acceptors (Lipinski definition) is 5. The second-order valence-electron chi connectivity index (χ2n) is 3.41. The average Bonchev–Trinajstić information content (AvgIpc) is 2.69. The Morgan fingerprint density at radius 1 is 1.56 bits per heavy atom. The summed E-state index contributed by atoms with van der Waals surface area (Å²) in [7, 11) is 1.25. The zero-order valence-corrected chi connectivity index (χ0v) is 9.75. The van der Waals surface area contributed by atoms with Gasteiger partial charge in [-0.1, -0.05) is 12.1 Å². The zero-order valence-electron chi connectivity index (χ0n) is 8.93. The van der Waals surface area contributed by atoms with Gasteiger partial charge in [0.15, 0.2) is 6.10 Å². The lowest BCUT2D eigenvalue weighted by Crippen LogP contribution is -2.13. The van der Waals surface area contributed by atoms with Crippen LogP contribution in [-0.4, -0.2) is 22.6 Å². The molecule has 5 heteroatoms. The van der Waals surface area contributed by atoms with Crippen molar-refractivity contribution in [3.63, 3.8) is 0 Å². The highest BCUT2D eigenvalue weighted by atomic mass is 32.1. The summed E-state index contributed by atoms with van der Waals surface area (Å²) >= 11 is 1.35. The lowest BCUT2D eigenvalue weighted by atomic mass is 10.0. The van der Waals surface area contributed by atoms with E-state index in [1.165, 1.54) is 18.6 Å². The molecule has 0 aliphatic carbocycles. The predicted molar refractivity (Wildman–Crippen MR) is 61.3 cm³/mol. The topological polar surface area (TPSA) is 59.4 Å². The Hall–Kier alpha value is -1.46. The maximum absolute atomic E-state index is 11.3. The summed E-state index contributed by atoms with van der Waals surface area (Å²) in [6, 6.07) is 5.42. The second-order valence-corrected chi connectivity index (χ2v) is 4.22. The third-order valence-corrected chi connectivity index (χ3v) is 3.32. The van der Waals surface area contributed by atoms with Crippen LogP contribution in [0.5, 0.6) is 0 Å². The molecule has 0 fully saturated rings. The van der Waals surface area contributed by atoms with Gasteiger partial charge in [0.2, 0.25) is 0 Å². The van der Waals surface area contributed by atoms with Crippen LogP contribution in [-0.2, 0) is 9.53 Å². The molecule has 1 N–H and O–H groups in total. The molecule has 2 rings (SSSR count). The fourth-order valence-corrected chi connectivity index (χ4v) is 2.46. The summed E-state index contributed by atoms with van der Waals surface area (Å²) in [5.41, 5.74) is 1.37. The van der Waals surface area contributed by atoms with Gasteiger partial charge in [-0.05, 0) is 24.5 Å². The highest BCUT2D eigenvalue weighted by Gasteiger charge is 2.21. The van der Waals surface area contributed by atoms with E-state index < -0.39 is 12.1 Å². The Morgan fingerprint density at radius 2 is 2.31 bits per heavy atom. The van der Waals surface area contributed by atoms with E-state index in [2.05, 4.69) is 9.11 Å². The lowest BCUT2D eigenvalue weighted by Gasteiger charge is -2.09. The molecule has 0 amide bonds. The van der Waals surface area contributed by atoms with Gasteiger partial charge in [0.05, 0.1) is 17.5 Å². The summed E-state index contributed by atoms with van der Waals surface area (Å²) in [5, 5.41) is 10.7. The van der Waals surface area contributed by atoms with Gasteiger partial charge in [-0.25, -0.2) is 4.79 Å². The molecule has 1 unspecified atom stereocenters. The van der Waals surface area contributed by atoms with E-state index in [1.807, 2.05) is 13.0 Å². The molecular formula is C11H11NO3S. The highest BCUT2D eigenvalue weighted by Crippen LogP contribution is 2.30. The second kappa shape index (κ2) is 4.19. The molecule has 0 bridgehead atoms. The molecule has 0 spiro atoms. The van der Waals surface area contributed by atoms with Crippen LogP contribution in [0.2, 0.25) is 0 Å². The molecule has 0 aliphatic rings. The number of hydrogen-bond donors (Lipinski definition) is 1. The summed E-state index contributed by atoms with van der Waals surface area (Å²) in [6.45, 7) is 1.85. The molecule has 0 saturated heterocycles. The SMILES string of the molecule is COC(=O)C(O)c1cccc2snc(C)c12. The van der Waals surface area contributed by atoms with Crippen molar-refractivity contribution >= 4 is 27.6 Å². The fraction of sp³-hybridized carbons (Fsp3) is 0.273. The van der Waals surface area contributed by atoms with Gasteiger partial charge in [-0.2, -0.15) is 4.37 Å². The van der Waals surface area contributed by atoms with Crippen molar-refractivity contribution in [1.29, 1.82) is 0 Å². The highest BCUT2D eigenvalue weighted by molar-refractivity contribution is 7.13. The summed E-state index contributed by atoms with van der Waals surface area (Å²) in [5.74, 6) is -0.655. The third kappa shape index (κ3) is 1.68. The van der Waals surface area contributed by atoms with Gasteiger partial charge in [0, 0.05) is 10.9 Å². The molecule has 1 aromatic heterocycles. The number of carbonyl (C=O) groups excluding carboxylic acids is 1. The number of aliphatic hydroxyl groups is 1. The van der Waals surface area contributed by atoms with Crippen LogP contribution in [0.25, 0.3) is 10.1 Å². The molecule has 1 heterocycles. The Labute approximate surface area is 96.6 Å². The number of ether oxygens (including phenoxy) is 1. The average molecular weight is 237 g/mol. The normalized spacial score (nSPS) is 12.7. The molecular weight excluding hydrogens is 226 g/mol. The molecule has 4 nitrogen and oxygen atoms in total. The quantitative estimate of drug-likeness (QED) is 0.809. The molecule has 1 atom stereocenters. The van der Waals surface area contributed by atoms with Crippen LogP contribution >= 0.6 is 11.5 Å². The van der Waals surface area contributed by atoms with Crippen LogP contribution in [0, 0.1) is 6.92 Å². The predicted octanol–water partition coefficient (Wildman–Crippen LogP) is 1.81. The number of nitrogens with zero attached hydrogens (tertiary/aromatic N) is 1. The molecule has 0 aliphatic heterocycles. The van der Waals surface area contributed by atoms with Crippen molar-refractivity contribution in [3.05, 3.63) is 29.5 Å². The number of benzene rings is 1. The molecule has 1 aromatic carbocycles. The number of fused-ring (bicyclic) bond motifs is 1. The first kappa shape index (κ1) is 11.0. The number of aliphatic hydroxyl groups excluding tert-OH is 1. The van der Waals surface area contributed by atoms with Crippen LogP contribution < -0.4 is 0 Å². The third-order valence-electron chi connectivity index (χ3n) is 2.42. The summed E-state index contributed by atoms with van der Waals surface area (Å²) < 4.78 is 9.68. The Bertz CT molecular complexity index is 535. The van der Waals surface area contributed by atoms with Crippen molar-refractivity contribution in [3.8, 4) is 0 Å². The van der Waals surface area contributed by atoms with E-state index in [9.17, 15) is 9.90 Å². The van der Waals surface area contributed by atoms with Crippen LogP contribution in [0.3, 0.4) is 0 Å². The smallest absolute Gasteiger partial charge is 0.339 e. The van der Waals surface area contributed by atoms with E-state index in [-0.39, 0.29) is 0 Å².